The van der Waals surface area contributed by atoms with Crippen LogP contribution in [-0.4, -0.2) is 17.9 Å². The first-order valence-electron chi connectivity index (χ1n) is 6.21. The fourth-order valence-electron chi connectivity index (χ4n) is 1.92. The highest BCUT2D eigenvalue weighted by atomic mass is 16.6. The van der Waals surface area contributed by atoms with Gasteiger partial charge in [0.15, 0.2) is 0 Å². The molecule has 0 fully saturated rings. The Morgan fingerprint density at radius 1 is 1.24 bits per heavy atom. The molecule has 2 rings (SSSR count). The molecule has 108 valence electrons. The van der Waals surface area contributed by atoms with Crippen molar-refractivity contribution in [2.75, 3.05) is 12.4 Å². The summed E-state index contributed by atoms with van der Waals surface area (Å²) in [5.74, 6) is 0.364. The number of rotatable bonds is 4. The summed E-state index contributed by atoms with van der Waals surface area (Å²) in [6, 6.07) is 10.8. The van der Waals surface area contributed by atoms with Gasteiger partial charge in [-0.15, -0.1) is 0 Å². The van der Waals surface area contributed by atoms with Crippen LogP contribution in [0.3, 0.4) is 0 Å². The smallest absolute Gasteiger partial charge is 0.271 e. The highest BCUT2D eigenvalue weighted by molar-refractivity contribution is 6.04. The molecule has 0 radical (unpaired) electrons. The van der Waals surface area contributed by atoms with Crippen molar-refractivity contribution >= 4 is 17.3 Å². The Morgan fingerprint density at radius 3 is 2.62 bits per heavy atom. The number of methoxy groups -OCH3 is 1. The summed E-state index contributed by atoms with van der Waals surface area (Å²) >= 11 is 0. The first-order chi connectivity index (χ1) is 10.0. The molecule has 0 saturated heterocycles. The summed E-state index contributed by atoms with van der Waals surface area (Å²) in [4.78, 5) is 22.3. The van der Waals surface area contributed by atoms with E-state index in [0.717, 1.165) is 5.56 Å². The van der Waals surface area contributed by atoms with Crippen molar-refractivity contribution in [3.8, 4) is 5.75 Å². The van der Waals surface area contributed by atoms with Crippen molar-refractivity contribution in [3.63, 3.8) is 0 Å². The van der Waals surface area contributed by atoms with Gasteiger partial charge in [-0.3, -0.25) is 14.9 Å². The average molecular weight is 286 g/mol. The summed E-state index contributed by atoms with van der Waals surface area (Å²) in [6.07, 6.45) is 0. The molecule has 2 aromatic rings. The number of nitro groups is 1. The quantitative estimate of drug-likeness (QED) is 0.691. The van der Waals surface area contributed by atoms with Crippen molar-refractivity contribution in [1.29, 1.82) is 0 Å². The molecule has 0 aliphatic carbocycles. The number of anilines is 1. The number of ether oxygens (including phenoxy) is 1. The molecule has 1 amide bonds. The molecule has 0 spiro atoms. The molecule has 0 aromatic heterocycles. The second-order valence-corrected chi connectivity index (χ2v) is 4.45. The molecule has 0 atom stereocenters. The van der Waals surface area contributed by atoms with Crippen LogP contribution in [0.2, 0.25) is 0 Å². The molecular weight excluding hydrogens is 272 g/mol. The number of nitrogens with zero attached hydrogens (tertiary/aromatic N) is 1. The standard InChI is InChI=1S/C15H14N2O4/c1-10-8-11(6-7-14(10)21-2)15(18)16-12-4-3-5-13(9-12)17(19)20/h3-9H,1-2H3,(H,16,18). The van der Waals surface area contributed by atoms with E-state index in [9.17, 15) is 14.9 Å². The Kier molecular flexibility index (Phi) is 4.18. The third-order valence-electron chi connectivity index (χ3n) is 2.97. The predicted octanol–water partition coefficient (Wildman–Crippen LogP) is 3.16. The SMILES string of the molecule is COc1ccc(C(=O)Nc2cccc([N+](=O)[O-])c2)cc1C. The molecule has 0 saturated carbocycles. The third-order valence-corrected chi connectivity index (χ3v) is 2.97. The zero-order valence-corrected chi connectivity index (χ0v) is 11.6. The Hall–Kier alpha value is -2.89. The first kappa shape index (κ1) is 14.5. The summed E-state index contributed by atoms with van der Waals surface area (Å²) in [5, 5.41) is 13.3. The van der Waals surface area contributed by atoms with Gasteiger partial charge in [0.1, 0.15) is 5.75 Å². The van der Waals surface area contributed by atoms with Crippen LogP contribution in [0.15, 0.2) is 42.5 Å². The largest absolute Gasteiger partial charge is 0.496 e. The maximum atomic E-state index is 12.1. The number of hydrogen-bond acceptors (Lipinski definition) is 4. The second-order valence-electron chi connectivity index (χ2n) is 4.45. The van der Waals surface area contributed by atoms with E-state index in [1.165, 1.54) is 18.2 Å². The van der Waals surface area contributed by atoms with E-state index >= 15 is 0 Å². The van der Waals surface area contributed by atoms with Crippen LogP contribution in [0.1, 0.15) is 15.9 Å². The zero-order chi connectivity index (χ0) is 15.4. The molecule has 6 nitrogen and oxygen atoms in total. The maximum Gasteiger partial charge on any atom is 0.271 e. The van der Waals surface area contributed by atoms with Crippen LogP contribution >= 0.6 is 0 Å². The number of benzene rings is 2. The number of aryl methyl sites for hydroxylation is 1. The van der Waals surface area contributed by atoms with Gasteiger partial charge >= 0.3 is 0 Å². The number of carbonyl (C=O) groups is 1. The molecule has 6 heteroatoms. The van der Waals surface area contributed by atoms with Crippen molar-refractivity contribution in [2.45, 2.75) is 6.92 Å². The lowest BCUT2D eigenvalue weighted by molar-refractivity contribution is -0.384. The molecule has 0 bridgehead atoms. The van der Waals surface area contributed by atoms with Gasteiger partial charge in [0.25, 0.3) is 11.6 Å². The Balaban J connectivity index is 2.20. The van der Waals surface area contributed by atoms with Crippen molar-refractivity contribution < 1.29 is 14.5 Å². The summed E-state index contributed by atoms with van der Waals surface area (Å²) in [5.41, 5.74) is 1.60. The zero-order valence-electron chi connectivity index (χ0n) is 11.6. The lowest BCUT2D eigenvalue weighted by atomic mass is 10.1. The van der Waals surface area contributed by atoms with Gasteiger partial charge < -0.3 is 10.1 Å². The van der Waals surface area contributed by atoms with Crippen LogP contribution < -0.4 is 10.1 Å². The Bertz CT molecular complexity index is 698. The number of hydrogen-bond donors (Lipinski definition) is 1. The van der Waals surface area contributed by atoms with E-state index in [1.54, 1.807) is 31.4 Å². The van der Waals surface area contributed by atoms with Crippen molar-refractivity contribution in [3.05, 3.63) is 63.7 Å². The first-order valence-corrected chi connectivity index (χ1v) is 6.21. The number of nitrogens with one attached hydrogen (secondary N) is 1. The topological polar surface area (TPSA) is 81.5 Å². The lowest BCUT2D eigenvalue weighted by Crippen LogP contribution is -2.12. The average Bonchev–Trinajstić information content (AvgIpc) is 2.47. The summed E-state index contributed by atoms with van der Waals surface area (Å²) in [6.45, 7) is 1.84. The number of amides is 1. The normalized spacial score (nSPS) is 10.0. The molecule has 0 heterocycles. The molecule has 0 aliphatic heterocycles. The van der Waals surface area contributed by atoms with Gasteiger partial charge in [-0.05, 0) is 36.8 Å². The van der Waals surface area contributed by atoms with Gasteiger partial charge in [0, 0.05) is 23.4 Å². The maximum absolute atomic E-state index is 12.1. The van der Waals surface area contributed by atoms with Gasteiger partial charge in [0.2, 0.25) is 0 Å². The Labute approximate surface area is 121 Å². The van der Waals surface area contributed by atoms with Gasteiger partial charge in [0.05, 0.1) is 12.0 Å². The summed E-state index contributed by atoms with van der Waals surface area (Å²) < 4.78 is 5.13. The second kappa shape index (κ2) is 6.04. The van der Waals surface area contributed by atoms with Crippen LogP contribution in [0.4, 0.5) is 11.4 Å². The fraction of sp³-hybridized carbons (Fsp3) is 0.133. The predicted molar refractivity (Wildman–Crippen MR) is 78.8 cm³/mol. The monoisotopic (exact) mass is 286 g/mol. The van der Waals surface area contributed by atoms with Gasteiger partial charge in [-0.2, -0.15) is 0 Å². The van der Waals surface area contributed by atoms with Gasteiger partial charge in [-0.25, -0.2) is 0 Å². The third kappa shape index (κ3) is 3.36. The Morgan fingerprint density at radius 2 is 2.00 bits per heavy atom. The molecule has 21 heavy (non-hydrogen) atoms. The minimum Gasteiger partial charge on any atom is -0.496 e. The minimum absolute atomic E-state index is 0.0706. The lowest BCUT2D eigenvalue weighted by Gasteiger charge is -2.08. The summed E-state index contributed by atoms with van der Waals surface area (Å²) in [7, 11) is 1.56. The molecule has 0 unspecified atom stereocenters. The van der Waals surface area contributed by atoms with Crippen LogP contribution in [0.25, 0.3) is 0 Å². The van der Waals surface area contributed by atoms with Crippen molar-refractivity contribution in [1.82, 2.24) is 0 Å². The van der Waals surface area contributed by atoms with E-state index in [2.05, 4.69) is 5.32 Å². The van der Waals surface area contributed by atoms with E-state index in [1.807, 2.05) is 6.92 Å². The molecule has 2 aromatic carbocycles. The van der Waals surface area contributed by atoms with Crippen LogP contribution in [0.5, 0.6) is 5.75 Å². The van der Waals surface area contributed by atoms with Crippen molar-refractivity contribution in [2.24, 2.45) is 0 Å². The number of carbonyl (C=O) groups excluding carboxylic acids is 1. The van der Waals surface area contributed by atoms with Gasteiger partial charge in [-0.1, -0.05) is 6.07 Å². The van der Waals surface area contributed by atoms with Crippen LogP contribution in [0, 0.1) is 17.0 Å². The highest BCUT2D eigenvalue weighted by Gasteiger charge is 2.11. The van der Waals surface area contributed by atoms with Crippen LogP contribution in [-0.2, 0) is 0 Å². The molecule has 1 N–H and O–H groups in total. The molecular formula is C15H14N2O4. The number of nitro benzene ring substituents is 1. The van der Waals surface area contributed by atoms with E-state index in [4.69, 9.17) is 4.74 Å². The number of non-ortho nitro benzene ring substituents is 1. The van der Waals surface area contributed by atoms with E-state index in [-0.39, 0.29) is 11.6 Å². The minimum atomic E-state index is -0.507. The fourth-order valence-corrected chi connectivity index (χ4v) is 1.92. The molecule has 0 aliphatic rings. The van der Waals surface area contributed by atoms with E-state index in [0.29, 0.717) is 17.0 Å². The highest BCUT2D eigenvalue weighted by Crippen LogP contribution is 2.21. The van der Waals surface area contributed by atoms with E-state index < -0.39 is 4.92 Å².